The number of benzene rings is 1. The number of nitrogens with zero attached hydrogens (tertiary/aromatic N) is 1. The maximum atomic E-state index is 12.2. The first-order valence-electron chi connectivity index (χ1n) is 6.16. The summed E-state index contributed by atoms with van der Waals surface area (Å²) in [5, 5.41) is 0. The smallest absolute Gasteiger partial charge is 0.230 e. The third kappa shape index (κ3) is 3.17. The molecule has 1 aromatic rings. The van der Waals surface area contributed by atoms with Gasteiger partial charge in [0.05, 0.1) is 19.9 Å². The highest BCUT2D eigenvalue weighted by Crippen LogP contribution is 2.35. The van der Waals surface area contributed by atoms with Crippen LogP contribution >= 0.6 is 0 Å². The standard InChI is InChI=1S/C14H22N2O3/c1-9-6-13(19-5)11(7-12(9)18-4)16(3)14(17)10(2)8-15/h6-7,10H,8,15H2,1-5H3. The van der Waals surface area contributed by atoms with Gasteiger partial charge < -0.3 is 20.1 Å². The molecule has 0 radical (unpaired) electrons. The normalized spacial score (nSPS) is 11.9. The zero-order valence-corrected chi connectivity index (χ0v) is 12.2. The molecule has 5 heteroatoms. The summed E-state index contributed by atoms with van der Waals surface area (Å²) in [5.74, 6) is 1.07. The third-order valence-electron chi connectivity index (χ3n) is 3.16. The van der Waals surface area contributed by atoms with E-state index in [1.165, 1.54) is 0 Å². The molecule has 0 aliphatic heterocycles. The third-order valence-corrected chi connectivity index (χ3v) is 3.16. The van der Waals surface area contributed by atoms with Crippen LogP contribution in [0.3, 0.4) is 0 Å². The van der Waals surface area contributed by atoms with Crippen molar-refractivity contribution < 1.29 is 14.3 Å². The van der Waals surface area contributed by atoms with Crippen LogP contribution in [0.15, 0.2) is 12.1 Å². The number of nitrogens with two attached hydrogens (primary N) is 1. The second-order valence-corrected chi connectivity index (χ2v) is 4.53. The van der Waals surface area contributed by atoms with E-state index in [0.29, 0.717) is 18.0 Å². The number of anilines is 1. The Morgan fingerprint density at radius 1 is 1.32 bits per heavy atom. The van der Waals surface area contributed by atoms with E-state index in [2.05, 4.69) is 0 Å². The molecule has 0 saturated heterocycles. The van der Waals surface area contributed by atoms with Crippen molar-refractivity contribution >= 4 is 11.6 Å². The molecule has 0 spiro atoms. The fourth-order valence-electron chi connectivity index (χ4n) is 1.85. The minimum atomic E-state index is -0.234. The molecule has 0 heterocycles. The average Bonchev–Trinajstić information content (AvgIpc) is 2.44. The van der Waals surface area contributed by atoms with Crippen LogP contribution in [-0.2, 0) is 4.79 Å². The van der Waals surface area contributed by atoms with Gasteiger partial charge in [0.15, 0.2) is 0 Å². The summed E-state index contributed by atoms with van der Waals surface area (Å²) in [5.41, 5.74) is 7.17. The van der Waals surface area contributed by atoms with Crippen molar-refractivity contribution in [2.24, 2.45) is 11.7 Å². The first kappa shape index (κ1) is 15.3. The Bertz CT molecular complexity index is 460. The second kappa shape index (κ2) is 6.43. The Morgan fingerprint density at radius 2 is 1.89 bits per heavy atom. The van der Waals surface area contributed by atoms with Crippen LogP contribution in [0.2, 0.25) is 0 Å². The van der Waals surface area contributed by atoms with E-state index in [1.54, 1.807) is 39.2 Å². The van der Waals surface area contributed by atoms with Crippen LogP contribution < -0.4 is 20.1 Å². The molecule has 1 atom stereocenters. The number of carbonyl (C=O) groups is 1. The number of aryl methyl sites for hydroxylation is 1. The Kier molecular flexibility index (Phi) is 5.18. The lowest BCUT2D eigenvalue weighted by Gasteiger charge is -2.23. The largest absolute Gasteiger partial charge is 0.496 e. The van der Waals surface area contributed by atoms with E-state index in [-0.39, 0.29) is 11.8 Å². The molecule has 0 bridgehead atoms. The summed E-state index contributed by atoms with van der Waals surface area (Å²) in [6.07, 6.45) is 0. The number of ether oxygens (including phenoxy) is 2. The lowest BCUT2D eigenvalue weighted by molar-refractivity contribution is -0.121. The van der Waals surface area contributed by atoms with Crippen LogP contribution in [0.5, 0.6) is 11.5 Å². The van der Waals surface area contributed by atoms with Gasteiger partial charge in [0.25, 0.3) is 0 Å². The summed E-state index contributed by atoms with van der Waals surface area (Å²) >= 11 is 0. The zero-order valence-electron chi connectivity index (χ0n) is 12.2. The van der Waals surface area contributed by atoms with Crippen molar-refractivity contribution in [1.29, 1.82) is 0 Å². The van der Waals surface area contributed by atoms with Gasteiger partial charge in [0, 0.05) is 25.6 Å². The SMILES string of the molecule is COc1cc(N(C)C(=O)C(C)CN)c(OC)cc1C. The molecule has 1 amide bonds. The van der Waals surface area contributed by atoms with Gasteiger partial charge in [-0.1, -0.05) is 6.92 Å². The van der Waals surface area contributed by atoms with Gasteiger partial charge in [-0.05, 0) is 18.6 Å². The number of carbonyl (C=O) groups excluding carboxylic acids is 1. The lowest BCUT2D eigenvalue weighted by atomic mass is 10.1. The molecule has 1 rings (SSSR count). The number of hydrogen-bond donors (Lipinski definition) is 1. The van der Waals surface area contributed by atoms with Crippen molar-refractivity contribution in [2.75, 3.05) is 32.7 Å². The van der Waals surface area contributed by atoms with Crippen LogP contribution in [0.4, 0.5) is 5.69 Å². The Labute approximate surface area is 114 Å². The van der Waals surface area contributed by atoms with Crippen LogP contribution in [0, 0.1) is 12.8 Å². The number of hydrogen-bond acceptors (Lipinski definition) is 4. The van der Waals surface area contributed by atoms with E-state index < -0.39 is 0 Å². The van der Waals surface area contributed by atoms with Crippen molar-refractivity contribution in [3.63, 3.8) is 0 Å². The molecule has 19 heavy (non-hydrogen) atoms. The molecule has 106 valence electrons. The Hall–Kier alpha value is -1.75. The fourth-order valence-corrected chi connectivity index (χ4v) is 1.85. The van der Waals surface area contributed by atoms with E-state index in [9.17, 15) is 4.79 Å². The van der Waals surface area contributed by atoms with E-state index in [0.717, 1.165) is 11.3 Å². The predicted octanol–water partition coefficient (Wildman–Crippen LogP) is 1.57. The van der Waals surface area contributed by atoms with Gasteiger partial charge in [-0.15, -0.1) is 0 Å². The fraction of sp³-hybridized carbons (Fsp3) is 0.500. The van der Waals surface area contributed by atoms with E-state index in [1.807, 2.05) is 13.0 Å². The van der Waals surface area contributed by atoms with Crippen molar-refractivity contribution in [2.45, 2.75) is 13.8 Å². The highest BCUT2D eigenvalue weighted by molar-refractivity contribution is 5.96. The summed E-state index contributed by atoms with van der Waals surface area (Å²) in [4.78, 5) is 13.7. The van der Waals surface area contributed by atoms with Gasteiger partial charge in [0.2, 0.25) is 5.91 Å². The molecule has 5 nitrogen and oxygen atoms in total. The molecule has 0 aromatic heterocycles. The monoisotopic (exact) mass is 266 g/mol. The summed E-state index contributed by atoms with van der Waals surface area (Å²) in [6, 6.07) is 3.65. The number of rotatable bonds is 5. The topological polar surface area (TPSA) is 64.8 Å². The molecule has 0 saturated carbocycles. The Balaban J connectivity index is 3.20. The van der Waals surface area contributed by atoms with Gasteiger partial charge >= 0.3 is 0 Å². The van der Waals surface area contributed by atoms with Gasteiger partial charge in [-0.25, -0.2) is 0 Å². The first-order valence-corrected chi connectivity index (χ1v) is 6.16. The molecule has 0 aliphatic rings. The highest BCUT2D eigenvalue weighted by Gasteiger charge is 2.21. The maximum absolute atomic E-state index is 12.2. The highest BCUT2D eigenvalue weighted by atomic mass is 16.5. The molecule has 0 fully saturated rings. The predicted molar refractivity (Wildman–Crippen MR) is 75.9 cm³/mol. The van der Waals surface area contributed by atoms with Gasteiger partial charge in [-0.3, -0.25) is 4.79 Å². The maximum Gasteiger partial charge on any atom is 0.230 e. The zero-order chi connectivity index (χ0) is 14.6. The van der Waals surface area contributed by atoms with E-state index in [4.69, 9.17) is 15.2 Å². The molecular weight excluding hydrogens is 244 g/mol. The average molecular weight is 266 g/mol. The molecule has 1 aromatic carbocycles. The van der Waals surface area contributed by atoms with Crippen molar-refractivity contribution in [1.82, 2.24) is 0 Å². The molecular formula is C14H22N2O3. The van der Waals surface area contributed by atoms with Crippen molar-refractivity contribution in [3.8, 4) is 11.5 Å². The van der Waals surface area contributed by atoms with Crippen LogP contribution in [0.25, 0.3) is 0 Å². The van der Waals surface area contributed by atoms with Crippen LogP contribution in [0.1, 0.15) is 12.5 Å². The second-order valence-electron chi connectivity index (χ2n) is 4.53. The molecule has 2 N–H and O–H groups in total. The summed E-state index contributed by atoms with van der Waals surface area (Å²) in [6.45, 7) is 4.04. The minimum Gasteiger partial charge on any atom is -0.496 e. The summed E-state index contributed by atoms with van der Waals surface area (Å²) < 4.78 is 10.6. The molecule has 1 unspecified atom stereocenters. The number of amides is 1. The van der Waals surface area contributed by atoms with Crippen LogP contribution in [-0.4, -0.2) is 33.7 Å². The summed E-state index contributed by atoms with van der Waals surface area (Å²) in [7, 11) is 4.89. The van der Waals surface area contributed by atoms with E-state index >= 15 is 0 Å². The van der Waals surface area contributed by atoms with Crippen molar-refractivity contribution in [3.05, 3.63) is 17.7 Å². The number of methoxy groups -OCH3 is 2. The quantitative estimate of drug-likeness (QED) is 0.878. The lowest BCUT2D eigenvalue weighted by Crippen LogP contribution is -2.35. The molecule has 0 aliphatic carbocycles. The van der Waals surface area contributed by atoms with Gasteiger partial charge in [-0.2, -0.15) is 0 Å². The Morgan fingerprint density at radius 3 is 2.37 bits per heavy atom. The minimum absolute atomic E-state index is 0.0493. The van der Waals surface area contributed by atoms with Gasteiger partial charge in [0.1, 0.15) is 11.5 Å². The first-order chi connectivity index (χ1) is 8.96.